The van der Waals surface area contributed by atoms with Crippen LogP contribution in [0.5, 0.6) is 11.5 Å². The quantitative estimate of drug-likeness (QED) is 0.483. The van der Waals surface area contributed by atoms with Gasteiger partial charge in [0.25, 0.3) is 5.91 Å². The van der Waals surface area contributed by atoms with Gasteiger partial charge < -0.3 is 24.8 Å². The van der Waals surface area contributed by atoms with E-state index in [4.69, 9.17) is 19.9 Å². The fraction of sp³-hybridized carbons (Fsp3) is 0.364. The molecule has 156 valence electrons. The summed E-state index contributed by atoms with van der Waals surface area (Å²) in [5, 5.41) is 0. The maximum Gasteiger partial charge on any atom is 0.340 e. The Morgan fingerprint density at radius 3 is 2.34 bits per heavy atom. The van der Waals surface area contributed by atoms with Crippen LogP contribution in [0.1, 0.15) is 37.0 Å². The molecular weight excluding hydrogens is 372 g/mol. The molecule has 0 aliphatic heterocycles. The summed E-state index contributed by atoms with van der Waals surface area (Å²) in [4.78, 5) is 26.9. The average molecular weight is 400 g/mol. The molecule has 1 amide bonds. The summed E-state index contributed by atoms with van der Waals surface area (Å²) in [6, 6.07) is 11.8. The van der Waals surface area contributed by atoms with Crippen molar-refractivity contribution < 1.29 is 23.8 Å². The number of benzene rings is 2. The predicted molar refractivity (Wildman–Crippen MR) is 113 cm³/mol. The van der Waals surface area contributed by atoms with Crippen LogP contribution in [0, 0.1) is 0 Å². The number of carbonyl (C=O) groups is 2. The highest BCUT2D eigenvalue weighted by Gasteiger charge is 2.23. The SMILES string of the molecule is CCCCN(C(=O)COc1ccc(OC)cc1)c1cc(N)ccc1C(=O)OCC. The van der Waals surface area contributed by atoms with Crippen LogP contribution in [0.4, 0.5) is 11.4 Å². The van der Waals surface area contributed by atoms with Crippen molar-refractivity contribution in [3.63, 3.8) is 0 Å². The third-order valence-electron chi connectivity index (χ3n) is 4.27. The lowest BCUT2D eigenvalue weighted by Crippen LogP contribution is -2.37. The molecule has 29 heavy (non-hydrogen) atoms. The molecule has 7 nitrogen and oxygen atoms in total. The number of amides is 1. The summed E-state index contributed by atoms with van der Waals surface area (Å²) in [6.45, 7) is 4.27. The molecule has 0 spiro atoms. The predicted octanol–water partition coefficient (Wildman–Crippen LogP) is 3.67. The first kappa shape index (κ1) is 22.1. The zero-order chi connectivity index (χ0) is 21.2. The molecule has 0 aromatic heterocycles. The number of unbranched alkanes of at least 4 members (excludes halogenated alkanes) is 1. The molecule has 0 aliphatic rings. The number of nitrogens with two attached hydrogens (primary N) is 1. The Labute approximate surface area is 171 Å². The summed E-state index contributed by atoms with van der Waals surface area (Å²) in [5.74, 6) is 0.484. The fourth-order valence-corrected chi connectivity index (χ4v) is 2.74. The van der Waals surface area contributed by atoms with Gasteiger partial charge in [-0.3, -0.25) is 4.79 Å². The van der Waals surface area contributed by atoms with Crippen molar-refractivity contribution in [1.29, 1.82) is 0 Å². The topological polar surface area (TPSA) is 91.1 Å². The van der Waals surface area contributed by atoms with E-state index in [1.54, 1.807) is 56.5 Å². The lowest BCUT2D eigenvalue weighted by molar-refractivity contribution is -0.120. The van der Waals surface area contributed by atoms with Crippen LogP contribution in [0.3, 0.4) is 0 Å². The first-order chi connectivity index (χ1) is 14.0. The van der Waals surface area contributed by atoms with Gasteiger partial charge in [-0.25, -0.2) is 4.79 Å². The smallest absolute Gasteiger partial charge is 0.340 e. The number of hydrogen-bond acceptors (Lipinski definition) is 6. The molecule has 2 rings (SSSR count). The number of anilines is 2. The second-order valence-electron chi connectivity index (χ2n) is 6.36. The summed E-state index contributed by atoms with van der Waals surface area (Å²) < 4.78 is 15.9. The molecule has 0 fully saturated rings. The number of methoxy groups -OCH3 is 1. The molecule has 0 radical (unpaired) electrons. The molecule has 0 unspecified atom stereocenters. The van der Waals surface area contributed by atoms with Crippen molar-refractivity contribution in [1.82, 2.24) is 0 Å². The van der Waals surface area contributed by atoms with Gasteiger partial charge in [0.05, 0.1) is 25.0 Å². The molecule has 0 saturated heterocycles. The summed E-state index contributed by atoms with van der Waals surface area (Å²) in [5.41, 5.74) is 7.12. The molecule has 0 atom stereocenters. The number of ether oxygens (including phenoxy) is 3. The van der Waals surface area contributed by atoms with Crippen molar-refractivity contribution in [3.05, 3.63) is 48.0 Å². The van der Waals surface area contributed by atoms with Crippen LogP contribution in [0.2, 0.25) is 0 Å². The van der Waals surface area contributed by atoms with Crippen molar-refractivity contribution >= 4 is 23.3 Å². The molecule has 0 aliphatic carbocycles. The highest BCUT2D eigenvalue weighted by atomic mass is 16.5. The molecule has 2 aromatic rings. The average Bonchev–Trinajstić information content (AvgIpc) is 2.73. The van der Waals surface area contributed by atoms with Gasteiger partial charge in [-0.05, 0) is 55.8 Å². The second kappa shape index (κ2) is 10.9. The molecule has 2 N–H and O–H groups in total. The van der Waals surface area contributed by atoms with Crippen LogP contribution in [-0.4, -0.2) is 38.7 Å². The van der Waals surface area contributed by atoms with E-state index in [0.717, 1.165) is 12.8 Å². The van der Waals surface area contributed by atoms with Crippen molar-refractivity contribution in [2.45, 2.75) is 26.7 Å². The monoisotopic (exact) mass is 400 g/mol. The lowest BCUT2D eigenvalue weighted by atomic mass is 10.1. The first-order valence-electron chi connectivity index (χ1n) is 9.64. The largest absolute Gasteiger partial charge is 0.497 e. The van der Waals surface area contributed by atoms with E-state index in [9.17, 15) is 9.59 Å². The minimum atomic E-state index is -0.493. The van der Waals surface area contributed by atoms with E-state index >= 15 is 0 Å². The Bertz CT molecular complexity index is 820. The minimum Gasteiger partial charge on any atom is -0.497 e. The second-order valence-corrected chi connectivity index (χ2v) is 6.36. The van der Waals surface area contributed by atoms with E-state index in [0.29, 0.717) is 35.0 Å². The van der Waals surface area contributed by atoms with E-state index < -0.39 is 5.97 Å². The zero-order valence-electron chi connectivity index (χ0n) is 17.1. The summed E-state index contributed by atoms with van der Waals surface area (Å²) >= 11 is 0. The lowest BCUT2D eigenvalue weighted by Gasteiger charge is -2.25. The Balaban J connectivity index is 2.24. The normalized spacial score (nSPS) is 10.3. The van der Waals surface area contributed by atoms with Crippen LogP contribution >= 0.6 is 0 Å². The zero-order valence-corrected chi connectivity index (χ0v) is 17.1. The third kappa shape index (κ3) is 6.14. The van der Waals surface area contributed by atoms with E-state index in [1.807, 2.05) is 6.92 Å². The van der Waals surface area contributed by atoms with Gasteiger partial charge in [0.15, 0.2) is 6.61 Å². The Kier molecular flexibility index (Phi) is 8.33. The maximum atomic E-state index is 13.0. The Hall–Kier alpha value is -3.22. The number of carbonyl (C=O) groups excluding carboxylic acids is 2. The van der Waals surface area contributed by atoms with E-state index in [-0.39, 0.29) is 19.1 Å². The van der Waals surface area contributed by atoms with Gasteiger partial charge >= 0.3 is 5.97 Å². The van der Waals surface area contributed by atoms with Crippen molar-refractivity contribution in [2.75, 3.05) is 37.5 Å². The van der Waals surface area contributed by atoms with Gasteiger partial charge in [0.2, 0.25) is 0 Å². The van der Waals surface area contributed by atoms with E-state index in [2.05, 4.69) is 0 Å². The Morgan fingerprint density at radius 2 is 1.72 bits per heavy atom. The van der Waals surface area contributed by atoms with Gasteiger partial charge in [-0.2, -0.15) is 0 Å². The van der Waals surface area contributed by atoms with Crippen LogP contribution in [0.15, 0.2) is 42.5 Å². The van der Waals surface area contributed by atoms with Gasteiger partial charge in [0, 0.05) is 12.2 Å². The number of hydrogen-bond donors (Lipinski definition) is 1. The van der Waals surface area contributed by atoms with Gasteiger partial charge in [-0.1, -0.05) is 13.3 Å². The molecule has 0 bridgehead atoms. The molecule has 7 heteroatoms. The third-order valence-corrected chi connectivity index (χ3v) is 4.27. The van der Waals surface area contributed by atoms with Crippen molar-refractivity contribution in [2.24, 2.45) is 0 Å². The van der Waals surface area contributed by atoms with Gasteiger partial charge in [0.1, 0.15) is 11.5 Å². The molecular formula is C22H28N2O5. The fourth-order valence-electron chi connectivity index (χ4n) is 2.74. The number of esters is 1. The Morgan fingerprint density at radius 1 is 1.03 bits per heavy atom. The highest BCUT2D eigenvalue weighted by molar-refractivity contribution is 6.03. The molecule has 2 aromatic carbocycles. The molecule has 0 heterocycles. The standard InChI is InChI=1S/C22H28N2O5/c1-4-6-13-24(20-14-16(23)7-12-19(20)22(26)28-5-2)21(25)15-29-18-10-8-17(27-3)9-11-18/h7-12,14H,4-6,13,15,23H2,1-3H3. The maximum absolute atomic E-state index is 13.0. The minimum absolute atomic E-state index is 0.174. The van der Waals surface area contributed by atoms with Crippen molar-refractivity contribution in [3.8, 4) is 11.5 Å². The van der Waals surface area contributed by atoms with Crippen LogP contribution < -0.4 is 20.1 Å². The summed E-state index contributed by atoms with van der Waals surface area (Å²) in [6.07, 6.45) is 1.66. The number of nitrogen functional groups attached to an aromatic ring is 1. The van der Waals surface area contributed by atoms with Crippen LogP contribution in [0.25, 0.3) is 0 Å². The van der Waals surface area contributed by atoms with E-state index in [1.165, 1.54) is 4.90 Å². The van der Waals surface area contributed by atoms with Gasteiger partial charge in [-0.15, -0.1) is 0 Å². The molecule has 0 saturated carbocycles. The number of rotatable bonds is 10. The summed E-state index contributed by atoms with van der Waals surface area (Å²) in [7, 11) is 1.58. The first-order valence-corrected chi connectivity index (χ1v) is 9.64. The van der Waals surface area contributed by atoms with Crippen LogP contribution in [-0.2, 0) is 9.53 Å². The highest BCUT2D eigenvalue weighted by Crippen LogP contribution is 2.26. The number of nitrogens with zero attached hydrogens (tertiary/aromatic N) is 1.